The molecule has 2 atom stereocenters. The van der Waals surface area contributed by atoms with Crippen molar-refractivity contribution in [3.05, 3.63) is 0 Å². The lowest BCUT2D eigenvalue weighted by atomic mass is 9.61. The standard InChI is InChI=1S/C16H27NO/c1-3-17(4-2)15(18)16-6-5-12-7-13(10-16)9-14(8-12)11-16/h12-14H,3-11H2,1-2H3. The highest BCUT2D eigenvalue weighted by molar-refractivity contribution is 5.83. The zero-order chi connectivity index (χ0) is 12.8. The van der Waals surface area contributed by atoms with E-state index >= 15 is 0 Å². The molecule has 18 heavy (non-hydrogen) atoms. The van der Waals surface area contributed by atoms with Gasteiger partial charge in [0.15, 0.2) is 0 Å². The Labute approximate surface area is 111 Å². The van der Waals surface area contributed by atoms with Gasteiger partial charge < -0.3 is 4.90 Å². The molecule has 0 N–H and O–H groups in total. The van der Waals surface area contributed by atoms with Crippen LogP contribution in [0.1, 0.15) is 58.8 Å². The maximum atomic E-state index is 12.9. The van der Waals surface area contributed by atoms with Crippen LogP contribution in [-0.2, 0) is 4.79 Å². The first-order chi connectivity index (χ1) is 8.66. The normalized spacial score (nSPS) is 41.8. The quantitative estimate of drug-likeness (QED) is 0.750. The van der Waals surface area contributed by atoms with E-state index in [0.29, 0.717) is 5.91 Å². The van der Waals surface area contributed by atoms with Crippen LogP contribution in [0.5, 0.6) is 0 Å². The highest BCUT2D eigenvalue weighted by Gasteiger charge is 2.52. The van der Waals surface area contributed by atoms with E-state index in [1.807, 2.05) is 0 Å². The molecule has 0 aliphatic heterocycles. The summed E-state index contributed by atoms with van der Waals surface area (Å²) >= 11 is 0. The zero-order valence-electron chi connectivity index (χ0n) is 12.0. The van der Waals surface area contributed by atoms with Gasteiger partial charge in [-0.25, -0.2) is 0 Å². The molecule has 0 spiro atoms. The topological polar surface area (TPSA) is 20.3 Å². The summed E-state index contributed by atoms with van der Waals surface area (Å²) in [7, 11) is 0. The summed E-state index contributed by atoms with van der Waals surface area (Å²) in [5.41, 5.74) is 0.0465. The maximum absolute atomic E-state index is 12.9. The summed E-state index contributed by atoms with van der Waals surface area (Å²) < 4.78 is 0. The molecule has 2 heteroatoms. The van der Waals surface area contributed by atoms with Crippen molar-refractivity contribution < 1.29 is 4.79 Å². The highest BCUT2D eigenvalue weighted by atomic mass is 16.2. The van der Waals surface area contributed by atoms with Gasteiger partial charge in [-0.15, -0.1) is 0 Å². The van der Waals surface area contributed by atoms with Crippen LogP contribution in [0.2, 0.25) is 0 Å². The molecule has 4 aliphatic carbocycles. The average molecular weight is 249 g/mol. The zero-order valence-corrected chi connectivity index (χ0v) is 12.0. The first-order valence-corrected chi connectivity index (χ1v) is 7.96. The molecule has 0 aromatic carbocycles. The fraction of sp³-hybridized carbons (Fsp3) is 0.938. The summed E-state index contributed by atoms with van der Waals surface area (Å²) in [4.78, 5) is 15.0. The molecule has 4 rings (SSSR count). The molecule has 4 aliphatic rings. The van der Waals surface area contributed by atoms with Gasteiger partial charge in [-0.3, -0.25) is 4.79 Å². The molecule has 1 amide bonds. The fourth-order valence-corrected chi connectivity index (χ4v) is 5.27. The van der Waals surface area contributed by atoms with Gasteiger partial charge in [-0.1, -0.05) is 0 Å². The van der Waals surface area contributed by atoms with Crippen LogP contribution in [0.15, 0.2) is 0 Å². The Morgan fingerprint density at radius 1 is 1.06 bits per heavy atom. The Kier molecular flexibility index (Phi) is 3.15. The van der Waals surface area contributed by atoms with Gasteiger partial charge in [0.05, 0.1) is 0 Å². The maximum Gasteiger partial charge on any atom is 0.228 e. The van der Waals surface area contributed by atoms with Crippen molar-refractivity contribution in [3.63, 3.8) is 0 Å². The van der Waals surface area contributed by atoms with Gasteiger partial charge in [0.25, 0.3) is 0 Å². The molecule has 0 heterocycles. The number of nitrogens with zero attached hydrogens (tertiary/aromatic N) is 1. The monoisotopic (exact) mass is 249 g/mol. The molecule has 2 nitrogen and oxygen atoms in total. The molecule has 0 saturated heterocycles. The van der Waals surface area contributed by atoms with Gasteiger partial charge in [0, 0.05) is 18.5 Å². The second-order valence-corrected chi connectivity index (χ2v) is 7.01. The SMILES string of the molecule is CCN(CC)C(=O)C12CCC3CC(CC(C3)C1)C2. The molecule has 0 radical (unpaired) electrons. The Bertz CT molecular complexity index is 320. The van der Waals surface area contributed by atoms with Crippen molar-refractivity contribution in [2.45, 2.75) is 58.8 Å². The third-order valence-electron chi connectivity index (χ3n) is 5.89. The lowest BCUT2D eigenvalue weighted by Gasteiger charge is -2.45. The Hall–Kier alpha value is -0.530. The number of carbonyl (C=O) groups is 1. The van der Waals surface area contributed by atoms with Crippen molar-refractivity contribution in [2.24, 2.45) is 23.2 Å². The Morgan fingerprint density at radius 2 is 1.61 bits per heavy atom. The van der Waals surface area contributed by atoms with Crippen molar-refractivity contribution >= 4 is 5.91 Å². The van der Waals surface area contributed by atoms with Crippen molar-refractivity contribution in [1.82, 2.24) is 4.90 Å². The smallest absolute Gasteiger partial charge is 0.228 e. The van der Waals surface area contributed by atoms with E-state index < -0.39 is 0 Å². The molecule has 0 aromatic rings. The second-order valence-electron chi connectivity index (χ2n) is 7.01. The summed E-state index contributed by atoms with van der Waals surface area (Å²) in [6, 6.07) is 0. The van der Waals surface area contributed by atoms with Crippen LogP contribution in [0.25, 0.3) is 0 Å². The van der Waals surface area contributed by atoms with Gasteiger partial charge >= 0.3 is 0 Å². The van der Waals surface area contributed by atoms with E-state index in [-0.39, 0.29) is 5.41 Å². The lowest BCUT2D eigenvalue weighted by Crippen LogP contribution is -2.47. The van der Waals surface area contributed by atoms with E-state index in [4.69, 9.17) is 0 Å². The highest BCUT2D eigenvalue weighted by Crippen LogP contribution is 2.57. The van der Waals surface area contributed by atoms with E-state index in [2.05, 4.69) is 18.7 Å². The average Bonchev–Trinajstić information content (AvgIpc) is 2.56. The van der Waals surface area contributed by atoms with Crippen LogP contribution in [0, 0.1) is 23.2 Å². The Morgan fingerprint density at radius 3 is 2.17 bits per heavy atom. The predicted octanol–water partition coefficient (Wildman–Crippen LogP) is 3.46. The third-order valence-corrected chi connectivity index (χ3v) is 5.89. The predicted molar refractivity (Wildman–Crippen MR) is 73.2 cm³/mol. The summed E-state index contributed by atoms with van der Waals surface area (Å²) in [5, 5.41) is 0. The van der Waals surface area contributed by atoms with Gasteiger partial charge in [-0.2, -0.15) is 0 Å². The minimum absolute atomic E-state index is 0.0465. The minimum Gasteiger partial charge on any atom is -0.343 e. The summed E-state index contributed by atoms with van der Waals surface area (Å²) in [5.74, 6) is 3.17. The minimum atomic E-state index is 0.0465. The number of hydrogen-bond donors (Lipinski definition) is 0. The summed E-state index contributed by atoms with van der Waals surface area (Å²) in [6.07, 6.45) is 9.17. The van der Waals surface area contributed by atoms with E-state index in [1.165, 1.54) is 44.9 Å². The first-order valence-electron chi connectivity index (χ1n) is 7.96. The number of amides is 1. The van der Waals surface area contributed by atoms with Crippen molar-refractivity contribution in [2.75, 3.05) is 13.1 Å². The number of hydrogen-bond acceptors (Lipinski definition) is 1. The van der Waals surface area contributed by atoms with Crippen molar-refractivity contribution in [3.8, 4) is 0 Å². The van der Waals surface area contributed by atoms with E-state index in [1.54, 1.807) is 0 Å². The van der Waals surface area contributed by atoms with Crippen LogP contribution < -0.4 is 0 Å². The second kappa shape index (κ2) is 4.54. The Balaban J connectivity index is 1.87. The van der Waals surface area contributed by atoms with E-state index in [9.17, 15) is 4.79 Å². The van der Waals surface area contributed by atoms with Crippen LogP contribution in [0.3, 0.4) is 0 Å². The number of fused-ring (bicyclic) bond motifs is 1. The molecule has 102 valence electrons. The van der Waals surface area contributed by atoms with Crippen molar-refractivity contribution in [1.29, 1.82) is 0 Å². The van der Waals surface area contributed by atoms with Gasteiger partial charge in [0.1, 0.15) is 0 Å². The summed E-state index contributed by atoms with van der Waals surface area (Å²) in [6.45, 7) is 6.01. The number of rotatable bonds is 3. The van der Waals surface area contributed by atoms with Crippen LogP contribution in [0.4, 0.5) is 0 Å². The molecule has 0 aromatic heterocycles. The fourth-order valence-electron chi connectivity index (χ4n) is 5.27. The molecular weight excluding hydrogens is 222 g/mol. The molecular formula is C16H27NO. The largest absolute Gasteiger partial charge is 0.343 e. The molecule has 2 unspecified atom stereocenters. The lowest BCUT2D eigenvalue weighted by molar-refractivity contribution is -0.146. The molecule has 4 saturated carbocycles. The van der Waals surface area contributed by atoms with Crippen LogP contribution in [-0.4, -0.2) is 23.9 Å². The third kappa shape index (κ3) is 1.88. The van der Waals surface area contributed by atoms with Gasteiger partial charge in [0.2, 0.25) is 5.91 Å². The number of carbonyl (C=O) groups excluding carboxylic acids is 1. The van der Waals surface area contributed by atoms with Crippen LogP contribution >= 0.6 is 0 Å². The molecule has 4 fully saturated rings. The molecule has 4 bridgehead atoms. The first kappa shape index (κ1) is 12.5. The van der Waals surface area contributed by atoms with Gasteiger partial charge in [-0.05, 0) is 76.5 Å². The van der Waals surface area contributed by atoms with E-state index in [0.717, 1.165) is 30.8 Å².